The summed E-state index contributed by atoms with van der Waals surface area (Å²) in [7, 11) is 1.63. The number of anilines is 6. The van der Waals surface area contributed by atoms with Gasteiger partial charge in [0.05, 0.1) is 103 Å². The number of nitrogens with zero attached hydrogens (tertiary/aromatic N) is 2. The van der Waals surface area contributed by atoms with E-state index in [0.29, 0.717) is 76.3 Å². The number of hydrogen-bond donors (Lipinski definition) is 1. The molecule has 0 aromatic heterocycles. The molecule has 544 valence electrons. The maximum absolute atomic E-state index is 13.7. The number of benzene rings is 9. The summed E-state index contributed by atoms with van der Waals surface area (Å²) < 4.78 is 44.7. The zero-order chi connectivity index (χ0) is 74.2. The summed E-state index contributed by atoms with van der Waals surface area (Å²) in [4.78, 5) is 32.0. The van der Waals surface area contributed by atoms with E-state index in [-0.39, 0.29) is 49.6 Å². The molecule has 0 aliphatic heterocycles. The summed E-state index contributed by atoms with van der Waals surface area (Å²) in [5.41, 5.74) is 26.4. The first-order valence-electron chi connectivity index (χ1n) is 36.2. The van der Waals surface area contributed by atoms with Crippen molar-refractivity contribution >= 4 is 45.9 Å². The highest BCUT2D eigenvalue weighted by atomic mass is 16.6. The molecule has 1 N–H and O–H groups in total. The van der Waals surface area contributed by atoms with Crippen molar-refractivity contribution in [3.63, 3.8) is 0 Å². The van der Waals surface area contributed by atoms with Crippen LogP contribution in [0.3, 0.4) is 0 Å². The molecule has 0 bridgehead atoms. The zero-order valence-corrected chi connectivity index (χ0v) is 64.0. The van der Waals surface area contributed by atoms with Crippen LogP contribution in [0.15, 0.2) is 170 Å². The van der Waals surface area contributed by atoms with Gasteiger partial charge in [-0.05, 0) is 219 Å². The summed E-state index contributed by atoms with van der Waals surface area (Å²) in [6.07, 6.45) is 0. The molecule has 0 spiro atoms. The van der Waals surface area contributed by atoms with Crippen LogP contribution in [0, 0.1) is 55.4 Å². The second-order valence-corrected chi connectivity index (χ2v) is 29.1. The Morgan fingerprint density at radius 3 is 1.21 bits per heavy atom. The van der Waals surface area contributed by atoms with Crippen LogP contribution in [0.1, 0.15) is 160 Å². The predicted molar refractivity (Wildman–Crippen MR) is 418 cm³/mol. The number of ketones is 1. The number of carbonyl (C=O) groups is 2. The molecule has 0 unspecified atom stereocenters. The normalized spacial score (nSPS) is 12.3. The van der Waals surface area contributed by atoms with Crippen molar-refractivity contribution in [2.75, 3.05) is 103 Å². The molecule has 0 amide bonds. The Morgan fingerprint density at radius 2 is 0.806 bits per heavy atom. The van der Waals surface area contributed by atoms with Crippen LogP contribution in [-0.2, 0) is 56.0 Å². The summed E-state index contributed by atoms with van der Waals surface area (Å²) in [5.74, 6) is -0.199. The molecule has 0 atom stereocenters. The van der Waals surface area contributed by atoms with Gasteiger partial charge in [0.25, 0.3) is 0 Å². The molecular formula is C90H108N2O11. The molecule has 13 nitrogen and oxygen atoms in total. The Bertz CT molecular complexity index is 4100. The smallest absolute Gasteiger partial charge is 0.341 e. The number of aliphatic hydroxyl groups is 1. The minimum Gasteiger partial charge on any atom is -0.490 e. The van der Waals surface area contributed by atoms with Gasteiger partial charge in [-0.1, -0.05) is 167 Å². The largest absolute Gasteiger partial charge is 0.490 e. The summed E-state index contributed by atoms with van der Waals surface area (Å²) in [5, 5.41) is 8.85. The van der Waals surface area contributed by atoms with Crippen molar-refractivity contribution in [2.45, 2.75) is 134 Å². The number of rotatable bonds is 31. The fraction of sp³-hybridized carbons (Fsp3) is 0.378. The highest BCUT2D eigenvalue weighted by Gasteiger charge is 2.47. The van der Waals surface area contributed by atoms with E-state index in [1.165, 1.54) is 55.9 Å². The van der Waals surface area contributed by atoms with E-state index in [1.54, 1.807) is 21.0 Å². The van der Waals surface area contributed by atoms with E-state index in [1.807, 2.05) is 30.3 Å². The number of aryl methyl sites for hydroxylation is 8. The Balaban J connectivity index is 0.000000245. The highest BCUT2D eigenvalue weighted by Crippen LogP contribution is 2.57. The third-order valence-corrected chi connectivity index (χ3v) is 18.9. The molecule has 103 heavy (non-hydrogen) atoms. The van der Waals surface area contributed by atoms with Crippen molar-refractivity contribution in [2.24, 2.45) is 0 Å². The molecule has 0 saturated heterocycles. The van der Waals surface area contributed by atoms with Gasteiger partial charge in [-0.2, -0.15) is 0 Å². The molecular weight excluding hydrogens is 1280 g/mol. The zero-order valence-electron chi connectivity index (χ0n) is 64.0. The van der Waals surface area contributed by atoms with Gasteiger partial charge in [0.15, 0.2) is 5.78 Å². The molecule has 9 aromatic rings. The van der Waals surface area contributed by atoms with E-state index in [2.05, 4.69) is 246 Å². The second kappa shape index (κ2) is 35.6. The standard InChI is InChI=1S/C46H56O11.C44H52N2/c1-6-56-45(49)41-30-37(11-14-44(41)57-26-25-54-22-21-52-18-17-50-5)46(42-27-32(2)7-12-38(42)39-13-8-33(3)28-43(39)46)36-10-9-35(40(29-36)34(4)48)31-55-24-23-53-20-19-51-16-15-47;1-29-13-17-37(18-14-29)45(41-31(3)25-35(26-32(41)4)43(7,8)9)39-21-23-40(24-22-39)46(38-19-15-30(2)16-20-38)42-33(5)27-36(28-34(42)6)44(10,11)12/h7-14,27-30,47H,6,15-26,31H2,1-5H3;13-28H,1-12H3. The summed E-state index contributed by atoms with van der Waals surface area (Å²) in [6, 6.07) is 61.0. The first-order valence-corrected chi connectivity index (χ1v) is 36.2. The lowest BCUT2D eigenvalue weighted by atomic mass is 9.66. The van der Waals surface area contributed by atoms with Gasteiger partial charge < -0.3 is 52.8 Å². The van der Waals surface area contributed by atoms with Crippen LogP contribution in [-0.4, -0.2) is 110 Å². The maximum Gasteiger partial charge on any atom is 0.341 e. The average molecular weight is 1390 g/mol. The highest BCUT2D eigenvalue weighted by molar-refractivity contribution is 5.97. The molecule has 13 heteroatoms. The number of esters is 1. The average Bonchev–Trinajstić information content (AvgIpc) is 1.54. The Hall–Kier alpha value is -8.76. The second-order valence-electron chi connectivity index (χ2n) is 29.1. The molecule has 1 aliphatic rings. The molecule has 0 fully saturated rings. The minimum absolute atomic E-state index is 0.0279. The Morgan fingerprint density at radius 1 is 0.427 bits per heavy atom. The fourth-order valence-corrected chi connectivity index (χ4v) is 13.7. The van der Waals surface area contributed by atoms with Gasteiger partial charge in [0.2, 0.25) is 0 Å². The SMILES string of the molecule is CCOC(=O)c1cc(C2(c3ccc(COCCOCCOCCO)c(C(C)=O)c3)c3cc(C)ccc3-c3ccc(C)cc32)ccc1OCCOCCOCCOC.Cc1ccc(N(c2ccc(N(c3ccc(C)cc3)c3c(C)cc(C(C)(C)C)cc3C)cc2)c2c(C)cc(C(C)(C)C)cc2C)cc1. The van der Waals surface area contributed by atoms with Gasteiger partial charge in [-0.15, -0.1) is 0 Å². The summed E-state index contributed by atoms with van der Waals surface area (Å²) in [6.45, 7) is 39.0. The predicted octanol–water partition coefficient (Wildman–Crippen LogP) is 19.7. The monoisotopic (exact) mass is 1390 g/mol. The third kappa shape index (κ3) is 19.0. The van der Waals surface area contributed by atoms with Gasteiger partial charge in [0, 0.05) is 35.4 Å². The van der Waals surface area contributed by atoms with E-state index in [4.69, 9.17) is 43.0 Å². The number of ether oxygens (including phenoxy) is 8. The van der Waals surface area contributed by atoms with Gasteiger partial charge in [-0.25, -0.2) is 4.79 Å². The first kappa shape index (κ1) is 78.4. The Labute approximate surface area is 613 Å². The maximum atomic E-state index is 13.7. The quantitative estimate of drug-likeness (QED) is 0.0251. The number of carbonyl (C=O) groups excluding carboxylic acids is 2. The summed E-state index contributed by atoms with van der Waals surface area (Å²) >= 11 is 0. The number of fused-ring (bicyclic) bond motifs is 3. The van der Waals surface area contributed by atoms with Crippen molar-refractivity contribution in [3.05, 3.63) is 264 Å². The van der Waals surface area contributed by atoms with Crippen LogP contribution in [0.4, 0.5) is 34.1 Å². The van der Waals surface area contributed by atoms with Gasteiger partial charge in [0.1, 0.15) is 17.9 Å². The van der Waals surface area contributed by atoms with Crippen LogP contribution in [0.5, 0.6) is 5.75 Å². The van der Waals surface area contributed by atoms with E-state index in [0.717, 1.165) is 72.8 Å². The van der Waals surface area contributed by atoms with Crippen LogP contribution >= 0.6 is 0 Å². The molecule has 9 aromatic carbocycles. The lowest BCUT2D eigenvalue weighted by Crippen LogP contribution is -2.30. The van der Waals surface area contributed by atoms with Crippen molar-refractivity contribution in [1.82, 2.24) is 0 Å². The van der Waals surface area contributed by atoms with Crippen molar-refractivity contribution in [3.8, 4) is 16.9 Å². The first-order chi connectivity index (χ1) is 49.3. The van der Waals surface area contributed by atoms with E-state index >= 15 is 0 Å². The lowest BCUT2D eigenvalue weighted by molar-refractivity contribution is 0.00443. The number of methoxy groups -OCH3 is 1. The fourth-order valence-electron chi connectivity index (χ4n) is 13.7. The number of hydrogen-bond acceptors (Lipinski definition) is 13. The van der Waals surface area contributed by atoms with Crippen molar-refractivity contribution < 1.29 is 52.6 Å². The van der Waals surface area contributed by atoms with Gasteiger partial charge >= 0.3 is 5.97 Å². The lowest BCUT2D eigenvalue weighted by Gasteiger charge is -2.35. The molecule has 0 saturated carbocycles. The molecule has 0 heterocycles. The van der Waals surface area contributed by atoms with Crippen LogP contribution < -0.4 is 14.5 Å². The van der Waals surface area contributed by atoms with Crippen LogP contribution in [0.2, 0.25) is 0 Å². The number of Topliss-reactive ketones (excluding diaryl/α,β-unsaturated/α-hetero) is 1. The van der Waals surface area contributed by atoms with Crippen LogP contribution in [0.25, 0.3) is 11.1 Å². The van der Waals surface area contributed by atoms with Gasteiger partial charge in [-0.3, -0.25) is 4.79 Å². The molecule has 0 radical (unpaired) electrons. The topological polar surface area (TPSA) is 135 Å². The van der Waals surface area contributed by atoms with E-state index in [9.17, 15) is 9.59 Å². The third-order valence-electron chi connectivity index (χ3n) is 18.9. The molecule has 1 aliphatic carbocycles. The van der Waals surface area contributed by atoms with E-state index < -0.39 is 11.4 Å². The minimum atomic E-state index is -0.913. The Kier molecular flexibility index (Phi) is 27.1. The number of aliphatic hydroxyl groups excluding tert-OH is 1. The molecule has 10 rings (SSSR count). The van der Waals surface area contributed by atoms with Crippen molar-refractivity contribution in [1.29, 1.82) is 0 Å².